The smallest absolute Gasteiger partial charge is 0.307 e. The molecule has 2 N–H and O–H groups in total. The Morgan fingerprint density at radius 1 is 1.32 bits per heavy atom. The molecule has 1 aliphatic rings. The molecular weight excluding hydrogens is 262 g/mol. The summed E-state index contributed by atoms with van der Waals surface area (Å²) in [5, 5.41) is 16.1. The largest absolute Gasteiger partial charge is 0.481 e. The topological polar surface area (TPSA) is 66.4 Å². The van der Waals surface area contributed by atoms with Crippen LogP contribution in [0.15, 0.2) is 16.8 Å². The molecule has 0 unspecified atom stereocenters. The number of carboxylic acids is 1. The summed E-state index contributed by atoms with van der Waals surface area (Å²) < 4.78 is 0. The summed E-state index contributed by atoms with van der Waals surface area (Å²) in [4.78, 5) is 23.2. The summed E-state index contributed by atoms with van der Waals surface area (Å²) in [7, 11) is 0. The SMILES string of the molecule is O=C(O)[C@H]1CCCC[C@H]1C(=O)NCCc1ccsc1. The molecule has 2 atom stereocenters. The highest BCUT2D eigenvalue weighted by Crippen LogP contribution is 2.30. The van der Waals surface area contributed by atoms with Gasteiger partial charge in [-0.3, -0.25) is 9.59 Å². The number of aliphatic carboxylic acids is 1. The minimum absolute atomic E-state index is 0.0951. The van der Waals surface area contributed by atoms with E-state index in [1.54, 1.807) is 11.3 Å². The molecule has 0 aliphatic heterocycles. The van der Waals surface area contributed by atoms with E-state index in [0.717, 1.165) is 19.3 Å². The lowest BCUT2D eigenvalue weighted by Gasteiger charge is -2.27. The van der Waals surface area contributed by atoms with E-state index in [1.807, 2.05) is 11.4 Å². The van der Waals surface area contributed by atoms with Crippen LogP contribution in [0.4, 0.5) is 0 Å². The van der Waals surface area contributed by atoms with Gasteiger partial charge in [-0.05, 0) is 41.7 Å². The number of rotatable bonds is 5. The van der Waals surface area contributed by atoms with E-state index in [9.17, 15) is 9.59 Å². The molecule has 0 radical (unpaired) electrons. The fourth-order valence-electron chi connectivity index (χ4n) is 2.64. The standard InChI is InChI=1S/C14H19NO3S/c16-13(15-7-5-10-6-8-19-9-10)11-3-1-2-4-12(11)14(17)18/h6,8-9,11-12H,1-5,7H2,(H,15,16)(H,17,18)/t11-,12+/m1/s1. The zero-order valence-corrected chi connectivity index (χ0v) is 11.6. The van der Waals surface area contributed by atoms with Crippen LogP contribution < -0.4 is 5.32 Å². The number of carbonyl (C=O) groups is 2. The van der Waals surface area contributed by atoms with Crippen LogP contribution in [0.1, 0.15) is 31.2 Å². The molecule has 5 heteroatoms. The Morgan fingerprint density at radius 2 is 2.05 bits per heavy atom. The first kappa shape index (κ1) is 14.1. The Labute approximate surface area is 116 Å². The van der Waals surface area contributed by atoms with Gasteiger partial charge in [-0.2, -0.15) is 11.3 Å². The van der Waals surface area contributed by atoms with Crippen molar-refractivity contribution in [3.05, 3.63) is 22.4 Å². The quantitative estimate of drug-likeness (QED) is 0.870. The first-order valence-electron chi connectivity index (χ1n) is 6.70. The Kier molecular flexibility index (Phi) is 4.96. The van der Waals surface area contributed by atoms with Crippen molar-refractivity contribution in [2.24, 2.45) is 11.8 Å². The van der Waals surface area contributed by atoms with Gasteiger partial charge in [0, 0.05) is 6.54 Å². The number of carbonyl (C=O) groups excluding carboxylic acids is 1. The maximum absolute atomic E-state index is 12.1. The van der Waals surface area contributed by atoms with Crippen molar-refractivity contribution in [3.63, 3.8) is 0 Å². The molecule has 1 heterocycles. The van der Waals surface area contributed by atoms with Crippen LogP contribution in [0, 0.1) is 11.8 Å². The van der Waals surface area contributed by atoms with Crippen molar-refractivity contribution in [3.8, 4) is 0 Å². The number of carboxylic acid groups (broad SMARTS) is 1. The number of hydrogen-bond acceptors (Lipinski definition) is 3. The fraction of sp³-hybridized carbons (Fsp3) is 0.571. The minimum atomic E-state index is -0.835. The van der Waals surface area contributed by atoms with Crippen molar-refractivity contribution < 1.29 is 14.7 Å². The van der Waals surface area contributed by atoms with Crippen molar-refractivity contribution >= 4 is 23.2 Å². The van der Waals surface area contributed by atoms with E-state index in [2.05, 4.69) is 10.7 Å². The lowest BCUT2D eigenvalue weighted by atomic mass is 9.78. The van der Waals surface area contributed by atoms with Crippen molar-refractivity contribution in [2.75, 3.05) is 6.54 Å². The first-order chi connectivity index (χ1) is 9.18. The average molecular weight is 281 g/mol. The van der Waals surface area contributed by atoms with Crippen LogP contribution in [0.3, 0.4) is 0 Å². The molecule has 104 valence electrons. The second-order valence-corrected chi connectivity index (χ2v) is 5.79. The molecule has 0 saturated heterocycles. The highest BCUT2D eigenvalue weighted by atomic mass is 32.1. The predicted octanol–water partition coefficient (Wildman–Crippen LogP) is 2.30. The second kappa shape index (κ2) is 6.70. The molecular formula is C14H19NO3S. The number of thiophene rings is 1. The van der Waals surface area contributed by atoms with E-state index < -0.39 is 11.9 Å². The van der Waals surface area contributed by atoms with E-state index in [0.29, 0.717) is 19.4 Å². The van der Waals surface area contributed by atoms with Gasteiger partial charge < -0.3 is 10.4 Å². The van der Waals surface area contributed by atoms with E-state index in [1.165, 1.54) is 5.56 Å². The average Bonchev–Trinajstić information content (AvgIpc) is 2.91. The molecule has 1 saturated carbocycles. The van der Waals surface area contributed by atoms with Crippen LogP contribution in [0.2, 0.25) is 0 Å². The van der Waals surface area contributed by atoms with Crippen molar-refractivity contribution in [1.29, 1.82) is 0 Å². The molecule has 2 rings (SSSR count). The molecule has 0 spiro atoms. The molecule has 19 heavy (non-hydrogen) atoms. The van der Waals surface area contributed by atoms with Gasteiger partial charge in [-0.15, -0.1) is 0 Å². The first-order valence-corrected chi connectivity index (χ1v) is 7.64. The van der Waals surface area contributed by atoms with Gasteiger partial charge in [0.15, 0.2) is 0 Å². The highest BCUT2D eigenvalue weighted by molar-refractivity contribution is 7.07. The van der Waals surface area contributed by atoms with Gasteiger partial charge in [0.05, 0.1) is 11.8 Å². The van der Waals surface area contributed by atoms with Gasteiger partial charge in [0.1, 0.15) is 0 Å². The summed E-state index contributed by atoms with van der Waals surface area (Å²) in [5.41, 5.74) is 1.21. The Hall–Kier alpha value is -1.36. The van der Waals surface area contributed by atoms with E-state index >= 15 is 0 Å². The Bertz CT molecular complexity index is 430. The van der Waals surface area contributed by atoms with Gasteiger partial charge >= 0.3 is 5.97 Å². The summed E-state index contributed by atoms with van der Waals surface area (Å²) >= 11 is 1.64. The summed E-state index contributed by atoms with van der Waals surface area (Å²) in [6.07, 6.45) is 3.99. The van der Waals surface area contributed by atoms with Crippen LogP contribution in [-0.2, 0) is 16.0 Å². The molecule has 1 fully saturated rings. The third kappa shape index (κ3) is 3.80. The summed E-state index contributed by atoms with van der Waals surface area (Å²) in [5.74, 6) is -1.79. The predicted molar refractivity (Wildman–Crippen MR) is 74.1 cm³/mol. The molecule has 4 nitrogen and oxygen atoms in total. The molecule has 1 aromatic heterocycles. The van der Waals surface area contributed by atoms with Crippen molar-refractivity contribution in [1.82, 2.24) is 5.32 Å². The van der Waals surface area contributed by atoms with E-state index in [4.69, 9.17) is 5.11 Å². The highest BCUT2D eigenvalue weighted by Gasteiger charge is 2.35. The molecule has 0 aromatic carbocycles. The van der Waals surface area contributed by atoms with Crippen LogP contribution >= 0.6 is 11.3 Å². The van der Waals surface area contributed by atoms with Crippen LogP contribution in [0.25, 0.3) is 0 Å². The normalized spacial score (nSPS) is 22.9. The maximum Gasteiger partial charge on any atom is 0.307 e. The van der Waals surface area contributed by atoms with E-state index in [-0.39, 0.29) is 11.8 Å². The Morgan fingerprint density at radius 3 is 2.68 bits per heavy atom. The lowest BCUT2D eigenvalue weighted by molar-refractivity contribution is -0.148. The second-order valence-electron chi connectivity index (χ2n) is 5.01. The van der Waals surface area contributed by atoms with Gasteiger partial charge in [-0.25, -0.2) is 0 Å². The van der Waals surface area contributed by atoms with Crippen LogP contribution in [0.5, 0.6) is 0 Å². The Balaban J connectivity index is 1.82. The maximum atomic E-state index is 12.1. The number of hydrogen-bond donors (Lipinski definition) is 2. The third-order valence-electron chi connectivity index (χ3n) is 3.71. The fourth-order valence-corrected chi connectivity index (χ4v) is 3.34. The van der Waals surface area contributed by atoms with Crippen LogP contribution in [-0.4, -0.2) is 23.5 Å². The summed E-state index contributed by atoms with van der Waals surface area (Å²) in [6.45, 7) is 0.582. The molecule has 1 amide bonds. The van der Waals surface area contributed by atoms with Gasteiger partial charge in [-0.1, -0.05) is 12.8 Å². The molecule has 1 aromatic rings. The van der Waals surface area contributed by atoms with Gasteiger partial charge in [0.25, 0.3) is 0 Å². The monoisotopic (exact) mass is 281 g/mol. The summed E-state index contributed by atoms with van der Waals surface area (Å²) in [6, 6.07) is 2.04. The molecule has 0 bridgehead atoms. The number of nitrogens with one attached hydrogen (secondary N) is 1. The lowest BCUT2D eigenvalue weighted by Crippen LogP contribution is -2.40. The van der Waals surface area contributed by atoms with Crippen molar-refractivity contribution in [2.45, 2.75) is 32.1 Å². The molecule has 1 aliphatic carbocycles. The minimum Gasteiger partial charge on any atom is -0.481 e. The third-order valence-corrected chi connectivity index (χ3v) is 4.44. The zero-order valence-electron chi connectivity index (χ0n) is 10.8. The number of amides is 1. The zero-order chi connectivity index (χ0) is 13.7. The van der Waals surface area contributed by atoms with Gasteiger partial charge in [0.2, 0.25) is 5.91 Å².